The smallest absolute Gasteiger partial charge is 0.356 e. The normalized spacial score (nSPS) is 12.8. The zero-order valence-corrected chi connectivity index (χ0v) is 17.7. The molecule has 0 bridgehead atoms. The minimum atomic E-state index is -4.41. The molecule has 1 atom stereocenters. The predicted molar refractivity (Wildman–Crippen MR) is 108 cm³/mol. The van der Waals surface area contributed by atoms with Gasteiger partial charge in [-0.05, 0) is 18.4 Å². The Labute approximate surface area is 169 Å². The summed E-state index contributed by atoms with van der Waals surface area (Å²) < 4.78 is 36.8. The number of hydrogen-bond acceptors (Lipinski definition) is 2. The molecule has 0 aromatic heterocycles. The largest absolute Gasteiger partial charge is 0.406 e. The highest BCUT2D eigenvalue weighted by atomic mass is 127. The van der Waals surface area contributed by atoms with E-state index in [1.54, 1.807) is 0 Å². The molecular formula is C17H26F3IN4O. The molecule has 5 nitrogen and oxygen atoms in total. The third kappa shape index (κ3) is 9.25. The molecular weight excluding hydrogens is 460 g/mol. The van der Waals surface area contributed by atoms with Gasteiger partial charge in [0.1, 0.15) is 6.54 Å². The predicted octanol–water partition coefficient (Wildman–Crippen LogP) is 2.90. The van der Waals surface area contributed by atoms with Crippen LogP contribution in [0.4, 0.5) is 13.2 Å². The average Bonchev–Trinajstić information content (AvgIpc) is 2.53. The van der Waals surface area contributed by atoms with Crippen molar-refractivity contribution in [3.63, 3.8) is 0 Å². The van der Waals surface area contributed by atoms with Crippen LogP contribution in [-0.4, -0.2) is 56.7 Å². The van der Waals surface area contributed by atoms with E-state index in [1.807, 2.05) is 38.1 Å². The van der Waals surface area contributed by atoms with E-state index in [-0.39, 0.29) is 36.4 Å². The molecule has 0 aliphatic carbocycles. The fourth-order valence-electron chi connectivity index (χ4n) is 2.13. The highest BCUT2D eigenvalue weighted by molar-refractivity contribution is 14.0. The van der Waals surface area contributed by atoms with Crippen LogP contribution in [0, 0.1) is 6.92 Å². The van der Waals surface area contributed by atoms with E-state index in [2.05, 4.69) is 15.6 Å². The first-order valence-electron chi connectivity index (χ1n) is 7.94. The second-order valence-electron chi connectivity index (χ2n) is 5.98. The first-order valence-corrected chi connectivity index (χ1v) is 7.94. The lowest BCUT2D eigenvalue weighted by atomic mass is 10.0. The molecule has 0 fully saturated rings. The van der Waals surface area contributed by atoms with E-state index >= 15 is 0 Å². The second kappa shape index (κ2) is 11.2. The van der Waals surface area contributed by atoms with Crippen LogP contribution in [0.1, 0.15) is 24.0 Å². The molecule has 148 valence electrons. The molecule has 1 unspecified atom stereocenters. The summed E-state index contributed by atoms with van der Waals surface area (Å²) in [7, 11) is 2.66. The van der Waals surface area contributed by atoms with Crippen molar-refractivity contribution in [1.29, 1.82) is 0 Å². The van der Waals surface area contributed by atoms with Crippen molar-refractivity contribution in [3.05, 3.63) is 35.4 Å². The van der Waals surface area contributed by atoms with Crippen molar-refractivity contribution in [2.75, 3.05) is 33.7 Å². The van der Waals surface area contributed by atoms with Gasteiger partial charge in [-0.2, -0.15) is 13.2 Å². The fraction of sp³-hybridized carbons (Fsp3) is 0.529. The SMILES string of the molecule is CN=C(NCC(=O)N(C)CC(F)(F)F)NCC(C)c1ccc(C)cc1.I. The third-order valence-corrected chi connectivity index (χ3v) is 3.69. The topological polar surface area (TPSA) is 56.7 Å². The van der Waals surface area contributed by atoms with Crippen molar-refractivity contribution in [2.45, 2.75) is 25.9 Å². The van der Waals surface area contributed by atoms with Gasteiger partial charge in [-0.1, -0.05) is 36.8 Å². The van der Waals surface area contributed by atoms with Gasteiger partial charge in [-0.25, -0.2) is 0 Å². The van der Waals surface area contributed by atoms with Gasteiger partial charge in [0.05, 0.1) is 6.54 Å². The van der Waals surface area contributed by atoms with Crippen LogP contribution in [0.3, 0.4) is 0 Å². The number of carbonyl (C=O) groups is 1. The molecule has 0 radical (unpaired) electrons. The molecule has 1 aromatic carbocycles. The number of halogens is 4. The van der Waals surface area contributed by atoms with E-state index in [9.17, 15) is 18.0 Å². The van der Waals surface area contributed by atoms with Gasteiger partial charge in [0.25, 0.3) is 0 Å². The quantitative estimate of drug-likeness (QED) is 0.370. The Morgan fingerprint density at radius 1 is 1.23 bits per heavy atom. The fourth-order valence-corrected chi connectivity index (χ4v) is 2.13. The number of nitrogens with zero attached hydrogens (tertiary/aromatic N) is 2. The molecule has 9 heteroatoms. The van der Waals surface area contributed by atoms with Gasteiger partial charge >= 0.3 is 6.18 Å². The molecule has 2 N–H and O–H groups in total. The Kier molecular flexibility index (Phi) is 10.6. The van der Waals surface area contributed by atoms with Gasteiger partial charge in [-0.15, -0.1) is 24.0 Å². The van der Waals surface area contributed by atoms with Crippen LogP contribution in [0.15, 0.2) is 29.3 Å². The van der Waals surface area contributed by atoms with Gasteiger partial charge in [0.2, 0.25) is 5.91 Å². The lowest BCUT2D eigenvalue weighted by molar-refractivity contribution is -0.157. The van der Waals surface area contributed by atoms with E-state index in [1.165, 1.54) is 12.6 Å². The van der Waals surface area contributed by atoms with Crippen LogP contribution in [0.25, 0.3) is 0 Å². The molecule has 1 rings (SSSR count). The number of guanidine groups is 1. The maximum absolute atomic E-state index is 12.3. The maximum Gasteiger partial charge on any atom is 0.406 e. The number of benzene rings is 1. The summed E-state index contributed by atoms with van der Waals surface area (Å²) in [5.74, 6) is -0.0812. The summed E-state index contributed by atoms with van der Waals surface area (Å²) in [6.07, 6.45) is -4.41. The average molecular weight is 486 g/mol. The summed E-state index contributed by atoms with van der Waals surface area (Å²) in [6, 6.07) is 8.17. The number of amides is 1. The van der Waals surface area contributed by atoms with Crippen molar-refractivity contribution in [2.24, 2.45) is 4.99 Å². The standard InChI is InChI=1S/C17H25F3N4O.HI/c1-12-5-7-14(8-6-12)13(2)9-22-16(21-3)23-10-15(25)24(4)11-17(18,19)20;/h5-8,13H,9-11H2,1-4H3,(H2,21,22,23);1H. The number of hydrogen-bond donors (Lipinski definition) is 2. The molecule has 0 heterocycles. The van der Waals surface area contributed by atoms with Crippen molar-refractivity contribution in [3.8, 4) is 0 Å². The van der Waals surface area contributed by atoms with Gasteiger partial charge in [-0.3, -0.25) is 9.79 Å². The lowest BCUT2D eigenvalue weighted by Crippen LogP contribution is -2.46. The summed E-state index contributed by atoms with van der Waals surface area (Å²) >= 11 is 0. The number of carbonyl (C=O) groups excluding carboxylic acids is 1. The Morgan fingerprint density at radius 3 is 2.31 bits per heavy atom. The molecule has 0 aliphatic heterocycles. The van der Waals surface area contributed by atoms with Crippen molar-refractivity contribution >= 4 is 35.8 Å². The second-order valence-corrected chi connectivity index (χ2v) is 5.98. The number of aryl methyl sites for hydroxylation is 1. The van der Waals surface area contributed by atoms with Crippen molar-refractivity contribution < 1.29 is 18.0 Å². The number of likely N-dealkylation sites (N-methyl/N-ethyl adjacent to an activating group) is 1. The number of rotatable bonds is 6. The summed E-state index contributed by atoms with van der Waals surface area (Å²) in [4.78, 5) is 16.3. The van der Waals surface area contributed by atoms with Gasteiger partial charge < -0.3 is 15.5 Å². The van der Waals surface area contributed by atoms with Gasteiger partial charge in [0, 0.05) is 20.6 Å². The highest BCUT2D eigenvalue weighted by Crippen LogP contribution is 2.15. The molecule has 26 heavy (non-hydrogen) atoms. The number of alkyl halides is 3. The Balaban J connectivity index is 0.00000625. The first kappa shape index (κ1) is 24.5. The van der Waals surface area contributed by atoms with Crippen LogP contribution in [0.5, 0.6) is 0 Å². The first-order chi connectivity index (χ1) is 11.6. The van der Waals surface area contributed by atoms with E-state index in [0.29, 0.717) is 17.4 Å². The third-order valence-electron chi connectivity index (χ3n) is 3.69. The van der Waals surface area contributed by atoms with E-state index in [0.717, 1.165) is 12.6 Å². The van der Waals surface area contributed by atoms with Crippen LogP contribution < -0.4 is 10.6 Å². The summed E-state index contributed by atoms with van der Waals surface area (Å²) in [6.45, 7) is 3.11. The molecule has 0 aliphatic rings. The molecule has 1 amide bonds. The zero-order valence-electron chi connectivity index (χ0n) is 15.4. The van der Waals surface area contributed by atoms with Crippen LogP contribution >= 0.6 is 24.0 Å². The molecule has 0 saturated heterocycles. The Morgan fingerprint density at radius 2 is 1.81 bits per heavy atom. The minimum absolute atomic E-state index is 0. The Hall–Kier alpha value is -1.52. The number of nitrogens with one attached hydrogen (secondary N) is 2. The Bertz CT molecular complexity index is 591. The summed E-state index contributed by atoms with van der Waals surface area (Å²) in [5.41, 5.74) is 2.34. The van der Waals surface area contributed by atoms with E-state index in [4.69, 9.17) is 0 Å². The lowest BCUT2D eigenvalue weighted by Gasteiger charge is -2.20. The highest BCUT2D eigenvalue weighted by Gasteiger charge is 2.31. The zero-order chi connectivity index (χ0) is 19.0. The molecule has 0 spiro atoms. The van der Waals surface area contributed by atoms with Crippen LogP contribution in [0.2, 0.25) is 0 Å². The number of aliphatic imine (C=N–C) groups is 1. The molecule has 1 aromatic rings. The maximum atomic E-state index is 12.3. The minimum Gasteiger partial charge on any atom is -0.356 e. The molecule has 0 saturated carbocycles. The van der Waals surface area contributed by atoms with Gasteiger partial charge in [0.15, 0.2) is 5.96 Å². The van der Waals surface area contributed by atoms with Crippen molar-refractivity contribution in [1.82, 2.24) is 15.5 Å². The van der Waals surface area contributed by atoms with Crippen LogP contribution in [-0.2, 0) is 4.79 Å². The summed E-state index contributed by atoms with van der Waals surface area (Å²) in [5, 5.41) is 5.80. The monoisotopic (exact) mass is 486 g/mol. The van der Waals surface area contributed by atoms with E-state index < -0.39 is 18.6 Å².